The molecule has 0 saturated heterocycles. The summed E-state index contributed by atoms with van der Waals surface area (Å²) in [7, 11) is 0. The molecular formula is C73H47IrN4. The third kappa shape index (κ3) is 10.1. The van der Waals surface area contributed by atoms with E-state index in [-0.39, 0.29) is 20.1 Å². The van der Waals surface area contributed by atoms with Crippen LogP contribution in [0.4, 0.5) is 0 Å². The zero-order valence-electron chi connectivity index (χ0n) is 42.3. The predicted molar refractivity (Wildman–Crippen MR) is 315 cm³/mol. The summed E-state index contributed by atoms with van der Waals surface area (Å²) in [5.74, 6) is 0. The molecule has 78 heavy (non-hydrogen) atoms. The van der Waals surface area contributed by atoms with E-state index in [9.17, 15) is 0 Å². The van der Waals surface area contributed by atoms with Gasteiger partial charge < -0.3 is 9.97 Å². The fourth-order valence-corrected chi connectivity index (χ4v) is 10.4. The van der Waals surface area contributed by atoms with Gasteiger partial charge in [-0.3, -0.25) is 4.68 Å². The van der Waals surface area contributed by atoms with E-state index in [1.54, 1.807) is 6.20 Å². The smallest absolute Gasteiger partial charge is 0.305 e. The van der Waals surface area contributed by atoms with Crippen LogP contribution >= 0.6 is 0 Å². The molecule has 13 rings (SSSR count). The van der Waals surface area contributed by atoms with Crippen LogP contribution in [0.2, 0.25) is 0 Å². The van der Waals surface area contributed by atoms with Crippen LogP contribution in [0.15, 0.2) is 286 Å². The molecule has 0 radical (unpaired) electrons. The zero-order valence-corrected chi connectivity index (χ0v) is 44.7. The quantitative estimate of drug-likeness (QED) is 0.115. The molecular weight excluding hydrogens is 1130 g/mol. The van der Waals surface area contributed by atoms with E-state index in [1.807, 2.05) is 53.5 Å². The molecule has 368 valence electrons. The summed E-state index contributed by atoms with van der Waals surface area (Å²) in [5.41, 5.74) is 24.3. The van der Waals surface area contributed by atoms with Gasteiger partial charge in [-0.05, 0) is 114 Å². The molecule has 0 saturated carbocycles. The fraction of sp³-hybridized carbons (Fsp3) is 0. The van der Waals surface area contributed by atoms with E-state index in [0.29, 0.717) is 0 Å². The Balaban J connectivity index is 0.00000609. The standard InChI is InChI=1S/C73H47N4.Ir/c1-3-17-51(18-4-1)53-30-32-56(33-31-53)70-49-73(59-22-15-21-58(45-59)52-19-5-2-6-20-52)75-50-71(70)69-28-12-11-27-68(69)62-47-60(66-25-9-7-23-64(66)54-34-36-57(37-35-54)72-29-13-14-42-74-72)46-61(48-62)67-26-10-8-24-65(67)55-38-40-63(41-39-55)77-44-16-43-76-77;/h1-21,23-36,38-40,42-50H;/q-3;+3. The summed E-state index contributed by atoms with van der Waals surface area (Å²) in [5, 5.41) is 4.45. The van der Waals surface area contributed by atoms with Crippen LogP contribution in [-0.4, -0.2) is 19.7 Å². The van der Waals surface area contributed by atoms with Gasteiger partial charge in [0.2, 0.25) is 0 Å². The van der Waals surface area contributed by atoms with Crippen LogP contribution in [-0.2, 0) is 20.1 Å². The summed E-state index contributed by atoms with van der Waals surface area (Å²) in [6.07, 6.45) is 7.60. The second kappa shape index (κ2) is 22.3. The Morgan fingerprint density at radius 2 is 0.821 bits per heavy atom. The van der Waals surface area contributed by atoms with Crippen molar-refractivity contribution in [1.29, 1.82) is 0 Å². The summed E-state index contributed by atoms with van der Waals surface area (Å²) in [6.45, 7) is 0. The van der Waals surface area contributed by atoms with Gasteiger partial charge in [0, 0.05) is 30.4 Å². The van der Waals surface area contributed by atoms with Crippen LogP contribution in [0.25, 0.3) is 128 Å². The zero-order chi connectivity index (χ0) is 51.3. The van der Waals surface area contributed by atoms with Gasteiger partial charge >= 0.3 is 20.1 Å². The number of benzene rings is 10. The maximum absolute atomic E-state index is 5.27. The summed E-state index contributed by atoms with van der Waals surface area (Å²) in [4.78, 5) is 9.86. The van der Waals surface area contributed by atoms with Crippen LogP contribution in [0.5, 0.6) is 0 Å². The molecule has 0 spiro atoms. The van der Waals surface area contributed by atoms with Crippen LogP contribution < -0.4 is 0 Å². The predicted octanol–water partition coefficient (Wildman–Crippen LogP) is 18.4. The Morgan fingerprint density at radius 3 is 1.38 bits per heavy atom. The van der Waals surface area contributed by atoms with Crippen LogP contribution in [0.3, 0.4) is 0 Å². The molecule has 0 fully saturated rings. The Kier molecular flexibility index (Phi) is 14.1. The van der Waals surface area contributed by atoms with Crippen molar-refractivity contribution in [3.05, 3.63) is 304 Å². The van der Waals surface area contributed by atoms with Crippen molar-refractivity contribution in [2.75, 3.05) is 0 Å². The monoisotopic (exact) mass is 1170 g/mol. The molecule has 0 aliphatic heterocycles. The Bertz CT molecular complexity index is 4160. The van der Waals surface area contributed by atoms with E-state index in [4.69, 9.17) is 4.98 Å². The molecule has 4 nitrogen and oxygen atoms in total. The molecule has 3 aromatic heterocycles. The minimum atomic E-state index is 0. The van der Waals surface area contributed by atoms with Gasteiger partial charge in [0.05, 0.1) is 0 Å². The number of pyridine rings is 2. The summed E-state index contributed by atoms with van der Waals surface area (Å²) >= 11 is 0. The topological polar surface area (TPSA) is 43.6 Å². The van der Waals surface area contributed by atoms with E-state index >= 15 is 0 Å². The van der Waals surface area contributed by atoms with Gasteiger partial charge in [-0.1, -0.05) is 193 Å². The maximum Gasteiger partial charge on any atom is 3.00 e. The molecule has 0 aliphatic rings. The third-order valence-corrected chi connectivity index (χ3v) is 14.3. The first kappa shape index (κ1) is 49.2. The van der Waals surface area contributed by atoms with Gasteiger partial charge in [-0.25, -0.2) is 0 Å². The first-order valence-corrected chi connectivity index (χ1v) is 25.8. The van der Waals surface area contributed by atoms with E-state index in [0.717, 1.165) is 123 Å². The largest absolute Gasteiger partial charge is 3.00 e. The minimum Gasteiger partial charge on any atom is -0.305 e. The summed E-state index contributed by atoms with van der Waals surface area (Å²) in [6, 6.07) is 103. The SMILES string of the molecule is [Ir+3].[c-]1cc(-c2ccccc2-c2cc(-c3ccccc3-c3c[c-]c(-n4cccn4)cc3)cc(-c3ccccc3-c3cnc(-c4[c-]ccc(-c5ccccc5)c4)cc3-c3ccc(-c4ccccc4)cc3)c2)ccc1-c1ccccn1. The van der Waals surface area contributed by atoms with Crippen molar-refractivity contribution in [3.8, 4) is 128 Å². The number of hydrogen-bond donors (Lipinski definition) is 0. The number of nitrogens with zero attached hydrogens (tertiary/aromatic N) is 4. The Hall–Kier alpha value is -9.64. The molecule has 0 unspecified atom stereocenters. The minimum absolute atomic E-state index is 0. The number of aromatic nitrogens is 4. The number of hydrogen-bond acceptors (Lipinski definition) is 3. The molecule has 0 atom stereocenters. The van der Waals surface area contributed by atoms with Gasteiger partial charge in [-0.15, -0.1) is 76.9 Å². The maximum atomic E-state index is 5.27. The van der Waals surface area contributed by atoms with Crippen molar-refractivity contribution >= 4 is 0 Å². The second-order valence-electron chi connectivity index (χ2n) is 19.0. The molecule has 0 bridgehead atoms. The molecule has 5 heteroatoms. The molecule has 10 aromatic carbocycles. The van der Waals surface area contributed by atoms with Crippen molar-refractivity contribution in [2.45, 2.75) is 0 Å². The molecule has 0 amide bonds. The number of rotatable bonds is 12. The van der Waals surface area contributed by atoms with Gasteiger partial charge in [0.15, 0.2) is 0 Å². The van der Waals surface area contributed by atoms with Crippen molar-refractivity contribution in [2.24, 2.45) is 0 Å². The van der Waals surface area contributed by atoms with Crippen molar-refractivity contribution in [1.82, 2.24) is 19.7 Å². The van der Waals surface area contributed by atoms with E-state index in [1.165, 1.54) is 5.56 Å². The summed E-state index contributed by atoms with van der Waals surface area (Å²) < 4.78 is 1.83. The van der Waals surface area contributed by atoms with Crippen LogP contribution in [0.1, 0.15) is 0 Å². The average Bonchev–Trinajstić information content (AvgIpc) is 4.16. The first-order chi connectivity index (χ1) is 38.2. The van der Waals surface area contributed by atoms with Gasteiger partial charge in [0.1, 0.15) is 0 Å². The van der Waals surface area contributed by atoms with Gasteiger partial charge in [0.25, 0.3) is 0 Å². The molecule has 0 N–H and O–H groups in total. The molecule has 3 heterocycles. The van der Waals surface area contributed by atoms with E-state index in [2.05, 4.69) is 259 Å². The van der Waals surface area contributed by atoms with Gasteiger partial charge in [-0.2, -0.15) is 23.3 Å². The van der Waals surface area contributed by atoms with Crippen LogP contribution in [0, 0.1) is 18.2 Å². The molecule has 0 aliphatic carbocycles. The third-order valence-electron chi connectivity index (χ3n) is 14.3. The first-order valence-electron chi connectivity index (χ1n) is 25.8. The normalized spacial score (nSPS) is 11.0. The molecule has 13 aromatic rings. The average molecular weight is 1170 g/mol. The Morgan fingerprint density at radius 1 is 0.295 bits per heavy atom. The second-order valence-corrected chi connectivity index (χ2v) is 19.0. The van der Waals surface area contributed by atoms with Crippen molar-refractivity contribution in [3.63, 3.8) is 0 Å². The Labute approximate surface area is 469 Å². The fourth-order valence-electron chi connectivity index (χ4n) is 10.4. The van der Waals surface area contributed by atoms with E-state index < -0.39 is 0 Å². The van der Waals surface area contributed by atoms with Crippen molar-refractivity contribution < 1.29 is 20.1 Å².